The molecule has 0 aliphatic rings. The predicted octanol–water partition coefficient (Wildman–Crippen LogP) is 3.41. The molecule has 0 aliphatic heterocycles. The summed E-state index contributed by atoms with van der Waals surface area (Å²) in [6.45, 7) is 0. The van der Waals surface area contributed by atoms with Crippen LogP contribution in [-0.2, 0) is 0 Å². The third-order valence-electron chi connectivity index (χ3n) is 2.11. The molecule has 0 unspecified atom stereocenters. The van der Waals surface area contributed by atoms with Crippen molar-refractivity contribution in [2.45, 2.75) is 0 Å². The van der Waals surface area contributed by atoms with Crippen molar-refractivity contribution in [3.63, 3.8) is 0 Å². The maximum Gasteiger partial charge on any atom is 0.122 e. The van der Waals surface area contributed by atoms with E-state index >= 15 is 0 Å². The van der Waals surface area contributed by atoms with Gasteiger partial charge in [0, 0.05) is 22.8 Å². The Morgan fingerprint density at radius 1 is 1.13 bits per heavy atom. The zero-order chi connectivity index (χ0) is 10.7. The number of aromatic nitrogens is 1. The van der Waals surface area contributed by atoms with Gasteiger partial charge in [-0.1, -0.05) is 23.7 Å². The summed E-state index contributed by atoms with van der Waals surface area (Å²) in [7, 11) is 1.64. The molecule has 0 radical (unpaired) electrons. The van der Waals surface area contributed by atoms with Crippen LogP contribution in [0.2, 0.25) is 5.02 Å². The molecular weight excluding hydrogens is 210 g/mol. The lowest BCUT2D eigenvalue weighted by Gasteiger charge is -2.03. The van der Waals surface area contributed by atoms with Crippen LogP contribution in [-0.4, -0.2) is 12.1 Å². The Balaban J connectivity index is 2.40. The Morgan fingerprint density at radius 2 is 1.87 bits per heavy atom. The van der Waals surface area contributed by atoms with E-state index in [0.29, 0.717) is 0 Å². The van der Waals surface area contributed by atoms with Gasteiger partial charge < -0.3 is 4.74 Å². The van der Waals surface area contributed by atoms with E-state index in [0.717, 1.165) is 22.0 Å². The van der Waals surface area contributed by atoms with Gasteiger partial charge in [0.05, 0.1) is 12.8 Å². The van der Waals surface area contributed by atoms with Crippen LogP contribution < -0.4 is 4.74 Å². The molecule has 0 bridgehead atoms. The van der Waals surface area contributed by atoms with Gasteiger partial charge in [-0.25, -0.2) is 0 Å². The number of hydrogen-bond donors (Lipinski definition) is 0. The lowest BCUT2D eigenvalue weighted by atomic mass is 10.1. The second-order valence-electron chi connectivity index (χ2n) is 3.09. The molecule has 0 saturated heterocycles. The summed E-state index contributed by atoms with van der Waals surface area (Å²) in [5.74, 6) is 0.801. The third kappa shape index (κ3) is 2.28. The lowest BCUT2D eigenvalue weighted by Crippen LogP contribution is -1.86. The van der Waals surface area contributed by atoms with Crippen molar-refractivity contribution >= 4 is 11.6 Å². The van der Waals surface area contributed by atoms with Gasteiger partial charge in [0.25, 0.3) is 0 Å². The van der Waals surface area contributed by atoms with E-state index in [1.807, 2.05) is 36.4 Å². The highest BCUT2D eigenvalue weighted by molar-refractivity contribution is 6.30. The van der Waals surface area contributed by atoms with E-state index < -0.39 is 0 Å². The van der Waals surface area contributed by atoms with Crippen LogP contribution >= 0.6 is 11.6 Å². The number of nitrogens with zero attached hydrogens (tertiary/aromatic N) is 1. The zero-order valence-electron chi connectivity index (χ0n) is 8.27. The Kier molecular flexibility index (Phi) is 2.88. The smallest absolute Gasteiger partial charge is 0.122 e. The quantitative estimate of drug-likeness (QED) is 0.772. The largest absolute Gasteiger partial charge is 0.497 e. The number of methoxy groups -OCH3 is 1. The molecule has 1 aromatic carbocycles. The van der Waals surface area contributed by atoms with E-state index in [1.165, 1.54) is 0 Å². The first-order valence-corrected chi connectivity index (χ1v) is 4.93. The maximum atomic E-state index is 5.81. The average Bonchev–Trinajstić information content (AvgIpc) is 2.30. The van der Waals surface area contributed by atoms with Crippen LogP contribution in [0.25, 0.3) is 11.3 Å². The van der Waals surface area contributed by atoms with Crippen LogP contribution in [0.5, 0.6) is 5.75 Å². The van der Waals surface area contributed by atoms with E-state index in [2.05, 4.69) is 4.98 Å². The fourth-order valence-corrected chi connectivity index (χ4v) is 1.44. The molecule has 15 heavy (non-hydrogen) atoms. The van der Waals surface area contributed by atoms with E-state index in [1.54, 1.807) is 13.3 Å². The van der Waals surface area contributed by atoms with E-state index in [9.17, 15) is 0 Å². The predicted molar refractivity (Wildman–Crippen MR) is 61.2 cm³/mol. The van der Waals surface area contributed by atoms with Gasteiger partial charge in [-0.15, -0.1) is 0 Å². The van der Waals surface area contributed by atoms with Crippen molar-refractivity contribution in [3.05, 3.63) is 47.6 Å². The Hall–Kier alpha value is -1.54. The fourth-order valence-electron chi connectivity index (χ4n) is 1.32. The number of pyridine rings is 1. The molecule has 0 N–H and O–H groups in total. The fraction of sp³-hybridized carbons (Fsp3) is 0.0833. The zero-order valence-corrected chi connectivity index (χ0v) is 9.03. The summed E-state index contributed by atoms with van der Waals surface area (Å²) in [5.41, 5.74) is 1.91. The van der Waals surface area contributed by atoms with Crippen molar-refractivity contribution in [2.75, 3.05) is 7.11 Å². The van der Waals surface area contributed by atoms with E-state index in [-0.39, 0.29) is 0 Å². The minimum Gasteiger partial charge on any atom is -0.497 e. The molecule has 0 fully saturated rings. The highest BCUT2D eigenvalue weighted by Crippen LogP contribution is 2.22. The third-order valence-corrected chi connectivity index (χ3v) is 2.36. The molecule has 76 valence electrons. The summed E-state index contributed by atoms with van der Waals surface area (Å²) in [5, 5.41) is 0.724. The first-order chi connectivity index (χ1) is 7.29. The summed E-state index contributed by atoms with van der Waals surface area (Å²) in [6, 6.07) is 11.3. The van der Waals surface area contributed by atoms with Crippen LogP contribution in [0.3, 0.4) is 0 Å². The van der Waals surface area contributed by atoms with Crippen molar-refractivity contribution in [3.8, 4) is 17.0 Å². The molecule has 0 saturated carbocycles. The second-order valence-corrected chi connectivity index (χ2v) is 3.52. The van der Waals surface area contributed by atoms with Crippen LogP contribution in [0.4, 0.5) is 0 Å². The Bertz CT molecular complexity index is 453. The molecule has 0 aliphatic carbocycles. The van der Waals surface area contributed by atoms with Crippen molar-refractivity contribution in [1.82, 2.24) is 4.98 Å². The van der Waals surface area contributed by atoms with E-state index in [4.69, 9.17) is 16.3 Å². The van der Waals surface area contributed by atoms with Gasteiger partial charge in [0.15, 0.2) is 0 Å². The minimum absolute atomic E-state index is 0.724. The average molecular weight is 220 g/mol. The second kappa shape index (κ2) is 4.32. The summed E-state index contributed by atoms with van der Waals surface area (Å²) in [4.78, 5) is 4.26. The number of benzene rings is 1. The van der Waals surface area contributed by atoms with Gasteiger partial charge in [-0.2, -0.15) is 0 Å². The standard InChI is InChI=1S/C12H10ClNO/c1-15-11-6-7-14-12(8-11)9-2-4-10(13)5-3-9/h2-8H,1H3. The van der Waals surface area contributed by atoms with Crippen molar-refractivity contribution in [2.24, 2.45) is 0 Å². The monoisotopic (exact) mass is 219 g/mol. The molecule has 2 nitrogen and oxygen atoms in total. The summed E-state index contributed by atoms with van der Waals surface area (Å²) < 4.78 is 5.13. The van der Waals surface area contributed by atoms with Gasteiger partial charge in [-0.05, 0) is 18.2 Å². The molecule has 1 heterocycles. The molecule has 1 aromatic heterocycles. The Morgan fingerprint density at radius 3 is 2.53 bits per heavy atom. The van der Waals surface area contributed by atoms with Gasteiger partial charge in [-0.3, -0.25) is 4.98 Å². The van der Waals surface area contributed by atoms with Crippen molar-refractivity contribution < 1.29 is 4.74 Å². The molecule has 2 rings (SSSR count). The molecule has 0 atom stereocenters. The number of ether oxygens (including phenoxy) is 1. The molecule has 0 amide bonds. The van der Waals surface area contributed by atoms with Gasteiger partial charge >= 0.3 is 0 Å². The normalized spacial score (nSPS) is 10.0. The van der Waals surface area contributed by atoms with Crippen LogP contribution in [0.15, 0.2) is 42.6 Å². The summed E-state index contributed by atoms with van der Waals surface area (Å²) >= 11 is 5.81. The highest BCUT2D eigenvalue weighted by atomic mass is 35.5. The highest BCUT2D eigenvalue weighted by Gasteiger charge is 2.00. The number of halogens is 1. The molecular formula is C12H10ClNO. The SMILES string of the molecule is COc1ccnc(-c2ccc(Cl)cc2)c1. The first-order valence-electron chi connectivity index (χ1n) is 4.55. The number of rotatable bonds is 2. The maximum absolute atomic E-state index is 5.81. The topological polar surface area (TPSA) is 22.1 Å². The van der Waals surface area contributed by atoms with Gasteiger partial charge in [0.2, 0.25) is 0 Å². The first kappa shape index (κ1) is 9.99. The molecule has 3 heteroatoms. The minimum atomic E-state index is 0.724. The summed E-state index contributed by atoms with van der Waals surface area (Å²) in [6.07, 6.45) is 1.72. The van der Waals surface area contributed by atoms with Crippen LogP contribution in [0, 0.1) is 0 Å². The van der Waals surface area contributed by atoms with Gasteiger partial charge in [0.1, 0.15) is 5.75 Å². The lowest BCUT2D eigenvalue weighted by molar-refractivity contribution is 0.414. The number of hydrogen-bond acceptors (Lipinski definition) is 2. The molecule has 0 spiro atoms. The Labute approximate surface area is 93.5 Å². The van der Waals surface area contributed by atoms with Crippen molar-refractivity contribution in [1.29, 1.82) is 0 Å². The van der Waals surface area contributed by atoms with Crippen LogP contribution in [0.1, 0.15) is 0 Å². The molecule has 2 aromatic rings.